The summed E-state index contributed by atoms with van der Waals surface area (Å²) < 4.78 is 14.5. The molecule has 0 amide bonds. The Kier molecular flexibility index (Phi) is 4.84. The molecular weight excluding hydrogens is 484 g/mol. The van der Waals surface area contributed by atoms with Crippen molar-refractivity contribution in [2.75, 3.05) is 0 Å². The molecule has 1 aliphatic heterocycles. The van der Waals surface area contributed by atoms with E-state index in [0.717, 1.165) is 11.1 Å². The van der Waals surface area contributed by atoms with Crippen LogP contribution >= 0.6 is 11.6 Å². The maximum Gasteiger partial charge on any atom is 0.328 e. The van der Waals surface area contributed by atoms with E-state index >= 15 is 0 Å². The number of hydrogen-bond donors (Lipinski definition) is 1. The molecule has 3 aromatic carbocycles. The highest BCUT2D eigenvalue weighted by atomic mass is 35.5. The third-order valence-electron chi connectivity index (χ3n) is 6.82. The van der Waals surface area contributed by atoms with Crippen molar-refractivity contribution >= 4 is 39.6 Å². The van der Waals surface area contributed by atoms with Gasteiger partial charge in [-0.1, -0.05) is 29.8 Å². The zero-order valence-electron chi connectivity index (χ0n) is 19.2. The van der Waals surface area contributed by atoms with Crippen LogP contribution in [0, 0.1) is 0 Å². The largest absolute Gasteiger partial charge is 0.507 e. The first-order valence-corrected chi connectivity index (χ1v) is 11.6. The Balaban J connectivity index is 1.60. The molecule has 3 heterocycles. The second-order valence-corrected chi connectivity index (χ2v) is 9.31. The Labute approximate surface area is 208 Å². The second-order valence-electron chi connectivity index (χ2n) is 8.88. The highest BCUT2D eigenvalue weighted by Gasteiger charge is 2.34. The number of rotatable bonds is 2. The molecule has 0 spiro atoms. The number of nitrogens with zero attached hydrogens (tertiary/aromatic N) is 2. The fourth-order valence-corrected chi connectivity index (χ4v) is 5.11. The fourth-order valence-electron chi connectivity index (χ4n) is 4.99. The maximum absolute atomic E-state index is 13.5. The third kappa shape index (κ3) is 3.18. The zero-order chi connectivity index (χ0) is 25.3. The van der Waals surface area contributed by atoms with Gasteiger partial charge in [0.2, 0.25) is 5.43 Å². The molecule has 2 aromatic heterocycles. The van der Waals surface area contributed by atoms with Crippen LogP contribution in [0.15, 0.2) is 68.8 Å². The number of phenols is 1. The zero-order valence-corrected chi connectivity index (χ0v) is 20.0. The first kappa shape index (κ1) is 22.2. The lowest BCUT2D eigenvalue weighted by Crippen LogP contribution is -2.22. The lowest BCUT2D eigenvalue weighted by molar-refractivity contribution is -0.135. The summed E-state index contributed by atoms with van der Waals surface area (Å²) >= 11 is 5.98. The number of aromatic hydroxyl groups is 1. The third-order valence-corrected chi connectivity index (χ3v) is 7.08. The molecule has 0 aliphatic carbocycles. The van der Waals surface area contributed by atoms with E-state index in [9.17, 15) is 19.5 Å². The number of carbonyl (C=O) groups is 1. The van der Waals surface area contributed by atoms with Gasteiger partial charge in [-0.15, -0.1) is 0 Å². The van der Waals surface area contributed by atoms with Gasteiger partial charge < -0.3 is 14.3 Å². The number of benzene rings is 3. The summed E-state index contributed by atoms with van der Waals surface area (Å²) in [6.45, 7) is 0. The summed E-state index contributed by atoms with van der Waals surface area (Å²) in [4.78, 5) is 38.4. The summed E-state index contributed by atoms with van der Waals surface area (Å²) in [7, 11) is 3.38. The molecule has 5 aromatic rings. The van der Waals surface area contributed by atoms with Gasteiger partial charge in [0, 0.05) is 36.7 Å². The SMILES string of the molecule is Cn1c(=O)n(C)c2cc([C@@H]3CC(=O)Oc4cc(O)c5c(=O)c(-c6ccc(Cl)cc6)coc5c43)ccc21. The Morgan fingerprint density at radius 2 is 1.69 bits per heavy atom. The van der Waals surface area contributed by atoms with E-state index in [1.54, 1.807) is 42.9 Å². The Morgan fingerprint density at radius 1 is 0.972 bits per heavy atom. The Hall–Kier alpha value is -4.30. The van der Waals surface area contributed by atoms with Crippen LogP contribution in [-0.4, -0.2) is 20.2 Å². The van der Waals surface area contributed by atoms with Crippen LogP contribution in [-0.2, 0) is 18.9 Å². The van der Waals surface area contributed by atoms with Crippen LogP contribution in [0.3, 0.4) is 0 Å². The van der Waals surface area contributed by atoms with Crippen molar-refractivity contribution in [3.05, 3.63) is 91.7 Å². The highest BCUT2D eigenvalue weighted by molar-refractivity contribution is 6.30. The molecule has 0 saturated heterocycles. The second kappa shape index (κ2) is 7.86. The van der Waals surface area contributed by atoms with Gasteiger partial charge in [-0.05, 0) is 35.4 Å². The van der Waals surface area contributed by atoms with Gasteiger partial charge in [0.05, 0.1) is 23.0 Å². The van der Waals surface area contributed by atoms with Crippen LogP contribution in [0.1, 0.15) is 23.5 Å². The topological polar surface area (TPSA) is 104 Å². The van der Waals surface area contributed by atoms with E-state index in [1.165, 1.54) is 16.9 Å². The minimum absolute atomic E-state index is 0.00179. The molecule has 6 rings (SSSR count). The van der Waals surface area contributed by atoms with Gasteiger partial charge in [-0.25, -0.2) is 4.79 Å². The molecule has 0 unspecified atom stereocenters. The van der Waals surface area contributed by atoms with E-state index in [-0.39, 0.29) is 40.1 Å². The van der Waals surface area contributed by atoms with Crippen molar-refractivity contribution in [2.24, 2.45) is 14.1 Å². The van der Waals surface area contributed by atoms with E-state index in [0.29, 0.717) is 21.7 Å². The average molecular weight is 503 g/mol. The summed E-state index contributed by atoms with van der Waals surface area (Å²) in [5.74, 6) is -1.21. The molecule has 0 bridgehead atoms. The first-order chi connectivity index (χ1) is 17.2. The van der Waals surface area contributed by atoms with Gasteiger partial charge in [0.15, 0.2) is 0 Å². The fraction of sp³-hybridized carbons (Fsp3) is 0.148. The number of halogens is 1. The molecule has 36 heavy (non-hydrogen) atoms. The van der Waals surface area contributed by atoms with Crippen LogP contribution in [0.25, 0.3) is 33.1 Å². The van der Waals surface area contributed by atoms with Gasteiger partial charge in [0.25, 0.3) is 0 Å². The number of phenolic OH excluding ortho intramolecular Hbond substituents is 1. The van der Waals surface area contributed by atoms with Gasteiger partial charge in [-0.2, -0.15) is 0 Å². The molecule has 9 heteroatoms. The number of hydrogen-bond acceptors (Lipinski definition) is 6. The van der Waals surface area contributed by atoms with Crippen molar-refractivity contribution in [3.63, 3.8) is 0 Å². The Morgan fingerprint density at radius 3 is 2.44 bits per heavy atom. The predicted octanol–water partition coefficient (Wildman–Crippen LogP) is 4.45. The number of aromatic nitrogens is 2. The lowest BCUT2D eigenvalue weighted by atomic mass is 9.84. The molecule has 180 valence electrons. The normalized spacial score (nSPS) is 15.3. The quantitative estimate of drug-likeness (QED) is 0.282. The molecule has 1 atom stereocenters. The molecule has 1 aliphatic rings. The van der Waals surface area contributed by atoms with Crippen molar-refractivity contribution in [1.29, 1.82) is 0 Å². The van der Waals surface area contributed by atoms with Crippen molar-refractivity contribution in [1.82, 2.24) is 9.13 Å². The van der Waals surface area contributed by atoms with E-state index in [1.807, 2.05) is 18.2 Å². The molecule has 8 nitrogen and oxygen atoms in total. The predicted molar refractivity (Wildman–Crippen MR) is 135 cm³/mol. The van der Waals surface area contributed by atoms with Crippen molar-refractivity contribution in [3.8, 4) is 22.6 Å². The van der Waals surface area contributed by atoms with Crippen molar-refractivity contribution < 1.29 is 19.1 Å². The summed E-state index contributed by atoms with van der Waals surface area (Å²) in [5, 5.41) is 11.3. The van der Waals surface area contributed by atoms with Gasteiger partial charge >= 0.3 is 11.7 Å². The number of fused-ring (bicyclic) bond motifs is 4. The molecule has 0 radical (unpaired) electrons. The minimum Gasteiger partial charge on any atom is -0.507 e. The molecule has 0 fully saturated rings. The standard InChI is InChI=1S/C27H19ClN2O6/c1-29-18-8-5-14(9-19(18)30(2)27(29)34)16-10-22(32)36-21-11-20(31)24-25(33)17(12-35-26(24)23(16)21)13-3-6-15(28)7-4-13/h3-9,11-12,16,31H,10H2,1-2H3/t16-/m0/s1. The maximum atomic E-state index is 13.5. The molecule has 1 N–H and O–H groups in total. The van der Waals surface area contributed by atoms with E-state index in [2.05, 4.69) is 0 Å². The molecular formula is C27H19ClN2O6. The average Bonchev–Trinajstić information content (AvgIpc) is 3.07. The highest BCUT2D eigenvalue weighted by Crippen LogP contribution is 2.46. The summed E-state index contributed by atoms with van der Waals surface area (Å²) in [6, 6.07) is 13.5. The Bertz CT molecular complexity index is 1850. The first-order valence-electron chi connectivity index (χ1n) is 11.2. The molecule has 0 saturated carbocycles. The van der Waals surface area contributed by atoms with E-state index < -0.39 is 17.3 Å². The van der Waals surface area contributed by atoms with Gasteiger partial charge in [0.1, 0.15) is 28.7 Å². The number of ether oxygens (including phenoxy) is 1. The number of imidazole rings is 1. The monoisotopic (exact) mass is 502 g/mol. The summed E-state index contributed by atoms with van der Waals surface area (Å²) in [5.41, 5.74) is 3.10. The smallest absolute Gasteiger partial charge is 0.328 e. The minimum atomic E-state index is -0.520. The van der Waals surface area contributed by atoms with E-state index in [4.69, 9.17) is 20.8 Å². The van der Waals surface area contributed by atoms with Crippen LogP contribution in [0.4, 0.5) is 0 Å². The number of carbonyl (C=O) groups excluding carboxylic acids is 1. The van der Waals surface area contributed by atoms with Crippen LogP contribution in [0.2, 0.25) is 5.02 Å². The number of aryl methyl sites for hydroxylation is 2. The van der Waals surface area contributed by atoms with Gasteiger partial charge in [-0.3, -0.25) is 18.7 Å². The van der Waals surface area contributed by atoms with Crippen LogP contribution in [0.5, 0.6) is 11.5 Å². The lowest BCUT2D eigenvalue weighted by Gasteiger charge is -2.26. The number of esters is 1. The van der Waals surface area contributed by atoms with Crippen molar-refractivity contribution in [2.45, 2.75) is 12.3 Å². The summed E-state index contributed by atoms with van der Waals surface area (Å²) in [6.07, 6.45) is 1.34. The van der Waals surface area contributed by atoms with Crippen LogP contribution < -0.4 is 15.9 Å².